The first-order valence-electron chi connectivity index (χ1n) is 9.92. The molecule has 3 heterocycles. The Labute approximate surface area is 174 Å². The van der Waals surface area contributed by atoms with Gasteiger partial charge in [-0.05, 0) is 50.2 Å². The number of fused-ring (bicyclic) bond motifs is 1. The third-order valence-electron chi connectivity index (χ3n) is 5.14. The molecular formula is C24H22N6. The summed E-state index contributed by atoms with van der Waals surface area (Å²) < 4.78 is 2.06. The number of rotatable bonds is 5. The van der Waals surface area contributed by atoms with Crippen LogP contribution in [0.3, 0.4) is 0 Å². The Morgan fingerprint density at radius 2 is 1.83 bits per heavy atom. The minimum absolute atomic E-state index is 0.590. The van der Waals surface area contributed by atoms with Gasteiger partial charge in [0.2, 0.25) is 0 Å². The highest BCUT2D eigenvalue weighted by Gasteiger charge is 2.13. The summed E-state index contributed by atoms with van der Waals surface area (Å²) in [6, 6.07) is 20.6. The molecule has 0 saturated heterocycles. The molecule has 6 nitrogen and oxygen atoms in total. The molecule has 0 bridgehead atoms. The average Bonchev–Trinajstić information content (AvgIpc) is 3.40. The fourth-order valence-corrected chi connectivity index (χ4v) is 3.50. The van der Waals surface area contributed by atoms with Crippen molar-refractivity contribution in [1.29, 1.82) is 0 Å². The fourth-order valence-electron chi connectivity index (χ4n) is 3.50. The molecule has 0 unspecified atom stereocenters. The smallest absolute Gasteiger partial charge is 0.138 e. The highest BCUT2D eigenvalue weighted by Crippen LogP contribution is 2.25. The summed E-state index contributed by atoms with van der Waals surface area (Å²) >= 11 is 0. The third kappa shape index (κ3) is 3.55. The van der Waals surface area contributed by atoms with Crippen LogP contribution >= 0.6 is 0 Å². The van der Waals surface area contributed by atoms with Gasteiger partial charge in [0, 0.05) is 28.5 Å². The van der Waals surface area contributed by atoms with Crippen molar-refractivity contribution in [2.75, 3.05) is 5.32 Å². The molecule has 2 N–H and O–H groups in total. The molecule has 0 amide bonds. The summed E-state index contributed by atoms with van der Waals surface area (Å²) in [6.07, 6.45) is 3.88. The van der Waals surface area contributed by atoms with Gasteiger partial charge in [0.1, 0.15) is 11.6 Å². The van der Waals surface area contributed by atoms with Gasteiger partial charge in [0.05, 0.1) is 24.0 Å². The first kappa shape index (κ1) is 18.1. The van der Waals surface area contributed by atoms with Crippen molar-refractivity contribution in [2.24, 2.45) is 0 Å². The number of hydrogen-bond acceptors (Lipinski definition) is 4. The lowest BCUT2D eigenvalue weighted by molar-refractivity contribution is 0.869. The van der Waals surface area contributed by atoms with Gasteiger partial charge in [-0.3, -0.25) is 9.67 Å². The number of nitrogens with zero attached hydrogens (tertiary/aromatic N) is 4. The number of imidazole rings is 1. The molecule has 148 valence electrons. The van der Waals surface area contributed by atoms with Crippen molar-refractivity contribution in [3.8, 4) is 17.1 Å². The Hall–Kier alpha value is -3.93. The zero-order valence-electron chi connectivity index (χ0n) is 16.9. The second kappa shape index (κ2) is 7.48. The highest BCUT2D eigenvalue weighted by atomic mass is 15.1. The summed E-state index contributed by atoms with van der Waals surface area (Å²) in [5, 5.41) is 11.7. The van der Waals surface area contributed by atoms with E-state index in [4.69, 9.17) is 9.97 Å². The summed E-state index contributed by atoms with van der Waals surface area (Å²) in [4.78, 5) is 9.64. The number of H-pyrrole nitrogens is 1. The van der Waals surface area contributed by atoms with Gasteiger partial charge in [-0.2, -0.15) is 5.10 Å². The minimum atomic E-state index is 0.590. The van der Waals surface area contributed by atoms with Crippen LogP contribution in [-0.2, 0) is 6.54 Å². The van der Waals surface area contributed by atoms with E-state index in [1.165, 1.54) is 5.56 Å². The highest BCUT2D eigenvalue weighted by molar-refractivity contribution is 5.83. The standard InChI is InChI=1S/C24H22N6/c1-16-6-9-20(10-7-16)25-14-24-28-22(15-30(24)23-5-3-4-17(2)27-23)18-8-11-21-19(12-18)13-26-29-21/h3-13,15,25H,14H2,1-2H3,(H,26,29). The van der Waals surface area contributed by atoms with Crippen LogP contribution in [0.1, 0.15) is 17.1 Å². The van der Waals surface area contributed by atoms with E-state index in [0.29, 0.717) is 6.54 Å². The van der Waals surface area contributed by atoms with Crippen molar-refractivity contribution >= 4 is 16.6 Å². The lowest BCUT2D eigenvalue weighted by atomic mass is 10.1. The maximum atomic E-state index is 4.94. The molecular weight excluding hydrogens is 372 g/mol. The molecule has 0 aliphatic carbocycles. The molecule has 0 saturated carbocycles. The van der Waals surface area contributed by atoms with Crippen molar-refractivity contribution in [1.82, 2.24) is 24.7 Å². The van der Waals surface area contributed by atoms with E-state index in [2.05, 4.69) is 69.6 Å². The first-order valence-corrected chi connectivity index (χ1v) is 9.92. The fraction of sp³-hybridized carbons (Fsp3) is 0.125. The molecule has 0 aliphatic heterocycles. The maximum Gasteiger partial charge on any atom is 0.138 e. The number of hydrogen-bond donors (Lipinski definition) is 2. The second-order valence-electron chi connectivity index (χ2n) is 7.44. The van der Waals surface area contributed by atoms with E-state index in [0.717, 1.165) is 45.2 Å². The predicted molar refractivity (Wildman–Crippen MR) is 120 cm³/mol. The molecule has 30 heavy (non-hydrogen) atoms. The molecule has 0 spiro atoms. The minimum Gasteiger partial charge on any atom is -0.378 e. The molecule has 2 aromatic carbocycles. The summed E-state index contributed by atoms with van der Waals surface area (Å²) in [5.74, 6) is 1.76. The topological polar surface area (TPSA) is 71.4 Å². The SMILES string of the molecule is Cc1ccc(NCc2nc(-c3ccc4[nH]ncc4c3)cn2-c2cccc(C)n2)cc1. The Balaban J connectivity index is 1.53. The van der Waals surface area contributed by atoms with Crippen LogP contribution in [0.5, 0.6) is 0 Å². The number of benzene rings is 2. The Bertz CT molecular complexity index is 1310. The van der Waals surface area contributed by atoms with E-state index in [-0.39, 0.29) is 0 Å². The largest absolute Gasteiger partial charge is 0.378 e. The number of nitrogens with one attached hydrogen (secondary N) is 2. The van der Waals surface area contributed by atoms with Gasteiger partial charge >= 0.3 is 0 Å². The van der Waals surface area contributed by atoms with E-state index in [1.54, 1.807) is 0 Å². The van der Waals surface area contributed by atoms with Gasteiger partial charge < -0.3 is 5.32 Å². The van der Waals surface area contributed by atoms with Crippen LogP contribution in [0.15, 0.2) is 73.1 Å². The van der Waals surface area contributed by atoms with E-state index in [1.807, 2.05) is 37.4 Å². The normalized spacial score (nSPS) is 11.1. The van der Waals surface area contributed by atoms with Crippen LogP contribution in [0.2, 0.25) is 0 Å². The van der Waals surface area contributed by atoms with Gasteiger partial charge in [0.25, 0.3) is 0 Å². The van der Waals surface area contributed by atoms with Crippen molar-refractivity contribution in [3.63, 3.8) is 0 Å². The number of aryl methyl sites for hydroxylation is 2. The molecule has 5 rings (SSSR count). The summed E-state index contributed by atoms with van der Waals surface area (Å²) in [7, 11) is 0. The first-order chi connectivity index (χ1) is 14.7. The quantitative estimate of drug-likeness (QED) is 0.438. The lowest BCUT2D eigenvalue weighted by Crippen LogP contribution is -2.08. The molecule has 3 aromatic heterocycles. The monoisotopic (exact) mass is 394 g/mol. The molecule has 0 atom stereocenters. The molecule has 0 aliphatic rings. The van der Waals surface area contributed by atoms with Crippen molar-refractivity contribution in [3.05, 3.63) is 90.1 Å². The number of aromatic nitrogens is 5. The van der Waals surface area contributed by atoms with E-state index in [9.17, 15) is 0 Å². The van der Waals surface area contributed by atoms with Gasteiger partial charge in [-0.25, -0.2) is 9.97 Å². The Morgan fingerprint density at radius 3 is 2.67 bits per heavy atom. The number of anilines is 1. The Morgan fingerprint density at radius 1 is 0.967 bits per heavy atom. The van der Waals surface area contributed by atoms with E-state index < -0.39 is 0 Å². The van der Waals surface area contributed by atoms with Crippen molar-refractivity contribution < 1.29 is 0 Å². The van der Waals surface area contributed by atoms with Crippen LogP contribution < -0.4 is 5.32 Å². The maximum absolute atomic E-state index is 4.94. The summed E-state index contributed by atoms with van der Waals surface area (Å²) in [5.41, 5.74) is 6.24. The zero-order valence-corrected chi connectivity index (χ0v) is 16.9. The lowest BCUT2D eigenvalue weighted by Gasteiger charge is -2.09. The van der Waals surface area contributed by atoms with Crippen LogP contribution in [0.25, 0.3) is 28.0 Å². The molecule has 0 fully saturated rings. The van der Waals surface area contributed by atoms with Gasteiger partial charge in [0.15, 0.2) is 0 Å². The van der Waals surface area contributed by atoms with Gasteiger partial charge in [-0.15, -0.1) is 0 Å². The van der Waals surface area contributed by atoms with Crippen LogP contribution in [-0.4, -0.2) is 24.7 Å². The molecule has 6 heteroatoms. The number of pyridine rings is 1. The average molecular weight is 394 g/mol. The third-order valence-corrected chi connectivity index (χ3v) is 5.14. The second-order valence-corrected chi connectivity index (χ2v) is 7.44. The summed E-state index contributed by atoms with van der Waals surface area (Å²) in [6.45, 7) is 4.67. The molecule has 5 aromatic rings. The number of aromatic amines is 1. The van der Waals surface area contributed by atoms with Crippen LogP contribution in [0, 0.1) is 13.8 Å². The van der Waals surface area contributed by atoms with E-state index >= 15 is 0 Å². The van der Waals surface area contributed by atoms with Gasteiger partial charge in [-0.1, -0.05) is 29.8 Å². The van der Waals surface area contributed by atoms with Crippen molar-refractivity contribution in [2.45, 2.75) is 20.4 Å². The zero-order chi connectivity index (χ0) is 20.5. The Kier molecular flexibility index (Phi) is 4.52. The predicted octanol–water partition coefficient (Wildman–Crippen LogP) is 5.04. The molecule has 0 radical (unpaired) electrons. The van der Waals surface area contributed by atoms with Crippen LogP contribution in [0.4, 0.5) is 5.69 Å².